The van der Waals surface area contributed by atoms with Gasteiger partial charge in [0, 0.05) is 50.8 Å². The van der Waals surface area contributed by atoms with Crippen molar-refractivity contribution in [2.75, 3.05) is 37.6 Å². The van der Waals surface area contributed by atoms with Crippen molar-refractivity contribution in [1.29, 1.82) is 0 Å². The molecule has 3 rings (SSSR count). The SMILES string of the molecule is O=C(NCC1=CCCCC1)N1CCN(c2ccncc2)CC1. The monoisotopic (exact) mass is 300 g/mol. The van der Waals surface area contributed by atoms with Crippen LogP contribution >= 0.6 is 0 Å². The van der Waals surface area contributed by atoms with E-state index in [1.54, 1.807) is 0 Å². The first-order chi connectivity index (χ1) is 10.8. The van der Waals surface area contributed by atoms with Crippen LogP contribution in [0.1, 0.15) is 25.7 Å². The summed E-state index contributed by atoms with van der Waals surface area (Å²) in [6.45, 7) is 4.00. The van der Waals surface area contributed by atoms with Crippen LogP contribution in [0.15, 0.2) is 36.2 Å². The maximum Gasteiger partial charge on any atom is 0.317 e. The van der Waals surface area contributed by atoms with Crippen molar-refractivity contribution >= 4 is 11.7 Å². The summed E-state index contributed by atoms with van der Waals surface area (Å²) in [5, 5.41) is 3.07. The summed E-state index contributed by atoms with van der Waals surface area (Å²) in [5.41, 5.74) is 2.57. The molecule has 1 aliphatic carbocycles. The smallest absolute Gasteiger partial charge is 0.317 e. The third-order valence-electron chi connectivity index (χ3n) is 4.45. The molecule has 2 heterocycles. The van der Waals surface area contributed by atoms with Crippen molar-refractivity contribution in [3.05, 3.63) is 36.2 Å². The van der Waals surface area contributed by atoms with E-state index in [0.29, 0.717) is 6.54 Å². The van der Waals surface area contributed by atoms with Gasteiger partial charge in [-0.05, 0) is 37.8 Å². The van der Waals surface area contributed by atoms with Gasteiger partial charge >= 0.3 is 6.03 Å². The molecule has 0 saturated carbocycles. The number of rotatable bonds is 3. The molecule has 0 atom stereocenters. The van der Waals surface area contributed by atoms with E-state index in [9.17, 15) is 4.79 Å². The van der Waals surface area contributed by atoms with Gasteiger partial charge in [-0.15, -0.1) is 0 Å². The lowest BCUT2D eigenvalue weighted by atomic mass is 10.00. The predicted molar refractivity (Wildman–Crippen MR) is 88.0 cm³/mol. The summed E-state index contributed by atoms with van der Waals surface area (Å²) >= 11 is 0. The van der Waals surface area contributed by atoms with Crippen LogP contribution < -0.4 is 10.2 Å². The zero-order chi connectivity index (χ0) is 15.2. The molecule has 5 heteroatoms. The summed E-state index contributed by atoms with van der Waals surface area (Å²) in [7, 11) is 0. The van der Waals surface area contributed by atoms with E-state index in [-0.39, 0.29) is 6.03 Å². The molecule has 1 N–H and O–H groups in total. The molecule has 0 bridgehead atoms. The molecule has 0 aromatic carbocycles. The molecule has 2 amide bonds. The summed E-state index contributed by atoms with van der Waals surface area (Å²) in [6.07, 6.45) is 10.7. The Bertz CT molecular complexity index is 521. The number of nitrogens with zero attached hydrogens (tertiary/aromatic N) is 3. The number of piperazine rings is 1. The van der Waals surface area contributed by atoms with Gasteiger partial charge in [0.25, 0.3) is 0 Å². The van der Waals surface area contributed by atoms with Gasteiger partial charge in [0.1, 0.15) is 0 Å². The number of amides is 2. The fraction of sp³-hybridized carbons (Fsp3) is 0.529. The number of pyridine rings is 1. The third kappa shape index (κ3) is 3.78. The van der Waals surface area contributed by atoms with Gasteiger partial charge < -0.3 is 15.1 Å². The van der Waals surface area contributed by atoms with Crippen molar-refractivity contribution in [1.82, 2.24) is 15.2 Å². The maximum absolute atomic E-state index is 12.2. The van der Waals surface area contributed by atoms with Crippen LogP contribution in [-0.4, -0.2) is 48.6 Å². The molecule has 1 aliphatic heterocycles. The van der Waals surface area contributed by atoms with Crippen molar-refractivity contribution in [2.45, 2.75) is 25.7 Å². The van der Waals surface area contributed by atoms with Gasteiger partial charge in [-0.25, -0.2) is 4.79 Å². The minimum Gasteiger partial charge on any atom is -0.368 e. The van der Waals surface area contributed by atoms with E-state index >= 15 is 0 Å². The lowest BCUT2D eigenvalue weighted by molar-refractivity contribution is 0.195. The van der Waals surface area contributed by atoms with Crippen molar-refractivity contribution < 1.29 is 4.79 Å². The molecular formula is C17H24N4O. The minimum absolute atomic E-state index is 0.0702. The highest BCUT2D eigenvalue weighted by Gasteiger charge is 2.21. The number of carbonyl (C=O) groups is 1. The van der Waals surface area contributed by atoms with Gasteiger partial charge in [-0.2, -0.15) is 0 Å². The van der Waals surface area contributed by atoms with E-state index < -0.39 is 0 Å². The average molecular weight is 300 g/mol. The number of hydrogen-bond donors (Lipinski definition) is 1. The number of anilines is 1. The summed E-state index contributed by atoms with van der Waals surface area (Å²) in [5.74, 6) is 0. The fourth-order valence-electron chi connectivity index (χ4n) is 3.09. The first kappa shape index (κ1) is 14.9. The van der Waals surface area contributed by atoms with Crippen molar-refractivity contribution in [3.8, 4) is 0 Å². The number of urea groups is 1. The van der Waals surface area contributed by atoms with Gasteiger partial charge in [-0.1, -0.05) is 11.6 Å². The Kier molecular flexibility index (Phi) is 4.93. The number of carbonyl (C=O) groups excluding carboxylic acids is 1. The van der Waals surface area contributed by atoms with E-state index in [4.69, 9.17) is 0 Å². The topological polar surface area (TPSA) is 48.5 Å². The van der Waals surface area contributed by atoms with Gasteiger partial charge in [0.2, 0.25) is 0 Å². The largest absolute Gasteiger partial charge is 0.368 e. The van der Waals surface area contributed by atoms with E-state index in [0.717, 1.165) is 39.0 Å². The van der Waals surface area contributed by atoms with E-state index in [1.807, 2.05) is 29.4 Å². The summed E-state index contributed by atoms with van der Waals surface area (Å²) < 4.78 is 0. The van der Waals surface area contributed by atoms with Crippen molar-refractivity contribution in [2.24, 2.45) is 0 Å². The lowest BCUT2D eigenvalue weighted by Crippen LogP contribution is -2.52. The standard InChI is InChI=1S/C17H24N4O/c22-17(19-14-15-4-2-1-3-5-15)21-12-10-20(11-13-21)16-6-8-18-9-7-16/h4,6-9H,1-3,5,10-14H2,(H,19,22). The fourth-order valence-corrected chi connectivity index (χ4v) is 3.09. The Balaban J connectivity index is 1.44. The average Bonchev–Trinajstić information content (AvgIpc) is 2.61. The van der Waals surface area contributed by atoms with Crippen LogP contribution in [0.3, 0.4) is 0 Å². The van der Waals surface area contributed by atoms with E-state index in [1.165, 1.54) is 24.1 Å². The molecule has 0 spiro atoms. The quantitative estimate of drug-likeness (QED) is 0.872. The zero-order valence-corrected chi connectivity index (χ0v) is 13.0. The molecule has 118 valence electrons. The molecule has 1 aromatic heterocycles. The van der Waals surface area contributed by atoms with Crippen LogP contribution in [0.25, 0.3) is 0 Å². The number of nitrogens with one attached hydrogen (secondary N) is 1. The highest BCUT2D eigenvalue weighted by atomic mass is 16.2. The first-order valence-electron chi connectivity index (χ1n) is 8.18. The molecule has 1 aromatic rings. The Labute approximate surface area is 132 Å². The Morgan fingerprint density at radius 2 is 1.91 bits per heavy atom. The molecule has 22 heavy (non-hydrogen) atoms. The number of hydrogen-bond acceptors (Lipinski definition) is 3. The third-order valence-corrected chi connectivity index (χ3v) is 4.45. The van der Waals surface area contributed by atoms with Crippen molar-refractivity contribution in [3.63, 3.8) is 0 Å². The Hall–Kier alpha value is -2.04. The predicted octanol–water partition coefficient (Wildman–Crippen LogP) is 2.41. The van der Waals surface area contributed by atoms with Crippen LogP contribution in [0.5, 0.6) is 0 Å². The van der Waals surface area contributed by atoms with Gasteiger partial charge in [0.15, 0.2) is 0 Å². The van der Waals surface area contributed by atoms with Gasteiger partial charge in [0.05, 0.1) is 0 Å². The zero-order valence-electron chi connectivity index (χ0n) is 13.0. The first-order valence-corrected chi connectivity index (χ1v) is 8.18. The van der Waals surface area contributed by atoms with Crippen LogP contribution in [-0.2, 0) is 0 Å². The second-order valence-electron chi connectivity index (χ2n) is 5.95. The highest BCUT2D eigenvalue weighted by molar-refractivity contribution is 5.74. The number of aromatic nitrogens is 1. The maximum atomic E-state index is 12.2. The second-order valence-corrected chi connectivity index (χ2v) is 5.95. The van der Waals surface area contributed by atoms with Crippen LogP contribution in [0.4, 0.5) is 10.5 Å². The molecule has 2 aliphatic rings. The second kappa shape index (κ2) is 7.29. The van der Waals surface area contributed by atoms with Crippen LogP contribution in [0, 0.1) is 0 Å². The number of allylic oxidation sites excluding steroid dienone is 1. The minimum atomic E-state index is 0.0702. The molecule has 0 unspecified atom stereocenters. The lowest BCUT2D eigenvalue weighted by Gasteiger charge is -2.36. The molecule has 5 nitrogen and oxygen atoms in total. The Morgan fingerprint density at radius 3 is 2.59 bits per heavy atom. The highest BCUT2D eigenvalue weighted by Crippen LogP contribution is 2.17. The molecule has 1 fully saturated rings. The molecular weight excluding hydrogens is 276 g/mol. The van der Waals surface area contributed by atoms with Crippen LogP contribution in [0.2, 0.25) is 0 Å². The van der Waals surface area contributed by atoms with E-state index in [2.05, 4.69) is 21.3 Å². The summed E-state index contributed by atoms with van der Waals surface area (Å²) in [4.78, 5) is 20.5. The Morgan fingerprint density at radius 1 is 1.14 bits per heavy atom. The summed E-state index contributed by atoms with van der Waals surface area (Å²) in [6, 6.07) is 4.11. The molecule has 0 radical (unpaired) electrons. The molecule has 1 saturated heterocycles. The normalized spacial score (nSPS) is 18.8. The van der Waals surface area contributed by atoms with Gasteiger partial charge in [-0.3, -0.25) is 4.98 Å².